The first-order valence-corrected chi connectivity index (χ1v) is 9.02. The Bertz CT molecular complexity index is 980. The van der Waals surface area contributed by atoms with Crippen LogP contribution in [0, 0.1) is 13.5 Å². The van der Waals surface area contributed by atoms with Crippen LogP contribution >= 0.6 is 0 Å². The lowest BCUT2D eigenvalue weighted by Crippen LogP contribution is -2.09. The second kappa shape index (κ2) is 7.08. The molecule has 1 aromatic carbocycles. The fraction of sp³-hybridized carbons (Fsp3) is 0.300. The van der Waals surface area contributed by atoms with Crippen molar-refractivity contribution >= 4 is 23.1 Å². The molecule has 27 heavy (non-hydrogen) atoms. The molecule has 7 nitrogen and oxygen atoms in total. The largest absolute Gasteiger partial charge is 0.363 e. The molecule has 3 N–H and O–H groups in total. The lowest BCUT2D eigenvalue weighted by atomic mass is 10.1. The van der Waals surface area contributed by atoms with Crippen LogP contribution in [0.3, 0.4) is 0 Å². The van der Waals surface area contributed by atoms with Gasteiger partial charge in [-0.25, -0.2) is 14.8 Å². The Morgan fingerprint density at radius 2 is 1.85 bits per heavy atom. The fourth-order valence-corrected chi connectivity index (χ4v) is 2.98. The molecular formula is C20H21N7. The van der Waals surface area contributed by atoms with Crippen molar-refractivity contribution in [3.8, 4) is 0 Å². The average Bonchev–Trinajstić information content (AvgIpc) is 3.41. The minimum atomic E-state index is 0.0544. The van der Waals surface area contributed by atoms with E-state index in [1.165, 1.54) is 18.5 Å². The standard InChI is InChI=1S/C20H21N7/c1-12(14-6-8-16(21-3)9-7-14)22-18-11-19(24-13(2)23-18)25-20-10-17(26-27-20)15-4-5-15/h6-12,15H,4-5H2,1-2H3,(H3,22,23,24,25,26,27). The van der Waals surface area contributed by atoms with Gasteiger partial charge in [0.05, 0.1) is 6.57 Å². The Morgan fingerprint density at radius 3 is 2.56 bits per heavy atom. The first kappa shape index (κ1) is 17.0. The third-order valence-corrected chi connectivity index (χ3v) is 4.60. The minimum absolute atomic E-state index is 0.0544. The van der Waals surface area contributed by atoms with Crippen molar-refractivity contribution in [2.45, 2.75) is 38.6 Å². The molecule has 0 aliphatic heterocycles. The Balaban J connectivity index is 1.48. The molecule has 1 aliphatic carbocycles. The lowest BCUT2D eigenvalue weighted by molar-refractivity contribution is 0.868. The predicted octanol–water partition coefficient (Wildman–Crippen LogP) is 4.85. The number of anilines is 3. The normalized spacial score (nSPS) is 14.4. The zero-order valence-electron chi connectivity index (χ0n) is 15.3. The van der Waals surface area contributed by atoms with Gasteiger partial charge in [-0.15, -0.1) is 0 Å². The van der Waals surface area contributed by atoms with Gasteiger partial charge in [-0.3, -0.25) is 5.10 Å². The molecule has 0 radical (unpaired) electrons. The van der Waals surface area contributed by atoms with Crippen LogP contribution in [0.5, 0.6) is 0 Å². The van der Waals surface area contributed by atoms with Crippen LogP contribution < -0.4 is 10.6 Å². The summed E-state index contributed by atoms with van der Waals surface area (Å²) in [6.45, 7) is 11.0. The summed E-state index contributed by atoms with van der Waals surface area (Å²) >= 11 is 0. The molecule has 0 amide bonds. The number of hydrogen-bond donors (Lipinski definition) is 3. The number of aromatic nitrogens is 4. The first-order chi connectivity index (χ1) is 13.1. The number of nitrogens with zero attached hydrogens (tertiary/aromatic N) is 4. The van der Waals surface area contributed by atoms with Gasteiger partial charge in [-0.1, -0.05) is 24.3 Å². The number of benzene rings is 1. The Labute approximate surface area is 158 Å². The van der Waals surface area contributed by atoms with Crippen LogP contribution in [0.2, 0.25) is 0 Å². The number of H-pyrrole nitrogens is 1. The summed E-state index contributed by atoms with van der Waals surface area (Å²) in [6.07, 6.45) is 2.47. The molecule has 1 saturated carbocycles. The number of hydrogen-bond acceptors (Lipinski definition) is 5. The van der Waals surface area contributed by atoms with Gasteiger partial charge >= 0.3 is 0 Å². The Kier molecular flexibility index (Phi) is 4.47. The molecule has 1 aliphatic rings. The van der Waals surface area contributed by atoms with Crippen molar-refractivity contribution in [2.24, 2.45) is 0 Å². The molecule has 1 atom stereocenters. The van der Waals surface area contributed by atoms with Gasteiger partial charge in [0.1, 0.15) is 17.5 Å². The molecular weight excluding hydrogens is 338 g/mol. The summed E-state index contributed by atoms with van der Waals surface area (Å²) in [5.41, 5.74) is 2.91. The molecule has 2 heterocycles. The fourth-order valence-electron chi connectivity index (χ4n) is 2.98. The van der Waals surface area contributed by atoms with E-state index in [1.807, 2.05) is 43.3 Å². The zero-order valence-corrected chi connectivity index (χ0v) is 15.3. The number of nitrogens with one attached hydrogen (secondary N) is 3. The molecule has 3 aromatic rings. The van der Waals surface area contributed by atoms with Crippen molar-refractivity contribution in [3.05, 3.63) is 64.9 Å². The van der Waals surface area contributed by atoms with E-state index in [2.05, 4.69) is 42.6 Å². The quantitative estimate of drug-likeness (QED) is 0.548. The van der Waals surface area contributed by atoms with Crippen molar-refractivity contribution in [1.29, 1.82) is 0 Å². The van der Waals surface area contributed by atoms with Gasteiger partial charge < -0.3 is 10.6 Å². The van der Waals surface area contributed by atoms with E-state index in [4.69, 9.17) is 6.57 Å². The van der Waals surface area contributed by atoms with E-state index < -0.39 is 0 Å². The summed E-state index contributed by atoms with van der Waals surface area (Å²) in [6, 6.07) is 11.6. The van der Waals surface area contributed by atoms with Gasteiger partial charge in [-0.05, 0) is 32.3 Å². The van der Waals surface area contributed by atoms with E-state index in [0.29, 0.717) is 23.2 Å². The second-order valence-corrected chi connectivity index (χ2v) is 6.86. The molecule has 136 valence electrons. The van der Waals surface area contributed by atoms with Crippen molar-refractivity contribution < 1.29 is 0 Å². The monoisotopic (exact) mass is 359 g/mol. The lowest BCUT2D eigenvalue weighted by Gasteiger charge is -2.16. The highest BCUT2D eigenvalue weighted by molar-refractivity contribution is 5.57. The molecule has 1 unspecified atom stereocenters. The maximum Gasteiger partial charge on any atom is 0.187 e. The summed E-state index contributed by atoms with van der Waals surface area (Å²) in [5.74, 6) is 3.52. The van der Waals surface area contributed by atoms with Crippen LogP contribution in [0.15, 0.2) is 36.4 Å². The zero-order chi connectivity index (χ0) is 18.8. The van der Waals surface area contributed by atoms with Gasteiger partial charge in [0.25, 0.3) is 0 Å². The highest BCUT2D eigenvalue weighted by Gasteiger charge is 2.25. The van der Waals surface area contributed by atoms with Gasteiger partial charge in [0, 0.05) is 29.8 Å². The molecule has 1 fully saturated rings. The minimum Gasteiger partial charge on any atom is -0.363 e. The summed E-state index contributed by atoms with van der Waals surface area (Å²) in [7, 11) is 0. The first-order valence-electron chi connectivity index (χ1n) is 9.02. The predicted molar refractivity (Wildman–Crippen MR) is 105 cm³/mol. The molecule has 0 bridgehead atoms. The summed E-state index contributed by atoms with van der Waals surface area (Å²) < 4.78 is 0. The van der Waals surface area contributed by atoms with Gasteiger partial charge in [-0.2, -0.15) is 5.10 Å². The maximum atomic E-state index is 7.05. The van der Waals surface area contributed by atoms with Crippen LogP contribution in [0.25, 0.3) is 4.85 Å². The van der Waals surface area contributed by atoms with Crippen molar-refractivity contribution in [1.82, 2.24) is 20.2 Å². The highest BCUT2D eigenvalue weighted by Crippen LogP contribution is 2.39. The molecule has 2 aromatic heterocycles. The van der Waals surface area contributed by atoms with Crippen molar-refractivity contribution in [3.63, 3.8) is 0 Å². The topological polar surface area (TPSA) is 82.9 Å². The number of aryl methyl sites for hydroxylation is 1. The van der Waals surface area contributed by atoms with E-state index in [1.54, 1.807) is 0 Å². The second-order valence-electron chi connectivity index (χ2n) is 6.86. The third kappa shape index (κ3) is 4.06. The van der Waals surface area contributed by atoms with Gasteiger partial charge in [0.15, 0.2) is 11.5 Å². The Hall–Kier alpha value is -3.40. The van der Waals surface area contributed by atoms with Crippen LogP contribution in [0.1, 0.15) is 48.8 Å². The van der Waals surface area contributed by atoms with E-state index >= 15 is 0 Å². The summed E-state index contributed by atoms with van der Waals surface area (Å²) in [4.78, 5) is 12.4. The number of aromatic amines is 1. The maximum absolute atomic E-state index is 7.05. The summed E-state index contributed by atoms with van der Waals surface area (Å²) in [5, 5.41) is 14.1. The van der Waals surface area contributed by atoms with Crippen LogP contribution in [0.4, 0.5) is 23.1 Å². The SMILES string of the molecule is [C-]#[N+]c1ccc(C(C)Nc2cc(Nc3cc(C4CC4)[nH]n3)nc(C)n2)cc1. The van der Waals surface area contributed by atoms with Crippen LogP contribution in [-0.2, 0) is 0 Å². The highest BCUT2D eigenvalue weighted by atomic mass is 15.2. The Morgan fingerprint density at radius 1 is 1.11 bits per heavy atom. The van der Waals surface area contributed by atoms with E-state index in [0.717, 1.165) is 17.2 Å². The van der Waals surface area contributed by atoms with Crippen molar-refractivity contribution in [2.75, 3.05) is 10.6 Å². The molecule has 4 rings (SSSR count). The average molecular weight is 359 g/mol. The van der Waals surface area contributed by atoms with Gasteiger partial charge in [0.2, 0.25) is 0 Å². The molecule has 0 saturated heterocycles. The molecule has 0 spiro atoms. The van der Waals surface area contributed by atoms with E-state index in [9.17, 15) is 0 Å². The number of rotatable bonds is 6. The van der Waals surface area contributed by atoms with Crippen LogP contribution in [-0.4, -0.2) is 20.2 Å². The third-order valence-electron chi connectivity index (χ3n) is 4.60. The molecule has 7 heteroatoms. The smallest absolute Gasteiger partial charge is 0.187 e. The van der Waals surface area contributed by atoms with E-state index in [-0.39, 0.29) is 6.04 Å².